The number of aryl methyl sites for hydroxylation is 1. The molecule has 0 radical (unpaired) electrons. The molecule has 1 aromatic carbocycles. The van der Waals surface area contributed by atoms with E-state index in [1.807, 2.05) is 47.0 Å². The van der Waals surface area contributed by atoms with Gasteiger partial charge in [-0.1, -0.05) is 41.0 Å². The van der Waals surface area contributed by atoms with E-state index in [0.717, 1.165) is 24.3 Å². The van der Waals surface area contributed by atoms with Crippen LogP contribution in [0.25, 0.3) is 0 Å². The Hall–Kier alpha value is -2.76. The SMILES string of the molecule is CCCCOc1ccc(C(=O)N(CC(=O)N(Cc2cccn2C)CC(C)C)CC(C)C)cc1. The van der Waals surface area contributed by atoms with Crippen LogP contribution in [0.5, 0.6) is 5.75 Å². The van der Waals surface area contributed by atoms with Gasteiger partial charge in [-0.3, -0.25) is 9.59 Å². The fraction of sp³-hybridized carbons (Fsp3) is 0.556. The lowest BCUT2D eigenvalue weighted by atomic mass is 10.1. The molecule has 6 nitrogen and oxygen atoms in total. The van der Waals surface area contributed by atoms with Gasteiger partial charge in [-0.15, -0.1) is 0 Å². The highest BCUT2D eigenvalue weighted by Gasteiger charge is 2.24. The number of hydrogen-bond acceptors (Lipinski definition) is 3. The van der Waals surface area contributed by atoms with Crippen molar-refractivity contribution in [2.75, 3.05) is 26.2 Å². The second-order valence-corrected chi connectivity index (χ2v) is 9.58. The molecule has 0 bridgehead atoms. The Morgan fingerprint density at radius 2 is 1.61 bits per heavy atom. The zero-order chi connectivity index (χ0) is 24.4. The van der Waals surface area contributed by atoms with Crippen LogP contribution in [-0.2, 0) is 18.4 Å². The van der Waals surface area contributed by atoms with Crippen LogP contribution in [0.2, 0.25) is 0 Å². The lowest BCUT2D eigenvalue weighted by molar-refractivity contribution is -0.133. The number of carbonyl (C=O) groups is 2. The third-order valence-corrected chi connectivity index (χ3v) is 5.41. The molecule has 0 aliphatic rings. The highest BCUT2D eigenvalue weighted by molar-refractivity contribution is 5.96. The van der Waals surface area contributed by atoms with Gasteiger partial charge in [0.25, 0.3) is 5.91 Å². The van der Waals surface area contributed by atoms with Gasteiger partial charge in [-0.25, -0.2) is 0 Å². The first kappa shape index (κ1) is 26.5. The Morgan fingerprint density at radius 1 is 0.970 bits per heavy atom. The van der Waals surface area contributed by atoms with Gasteiger partial charge in [0.1, 0.15) is 12.3 Å². The van der Waals surface area contributed by atoms with Gasteiger partial charge in [-0.2, -0.15) is 0 Å². The van der Waals surface area contributed by atoms with Gasteiger partial charge in [0, 0.05) is 37.6 Å². The van der Waals surface area contributed by atoms with Crippen molar-refractivity contribution in [2.24, 2.45) is 18.9 Å². The van der Waals surface area contributed by atoms with Gasteiger partial charge in [0.2, 0.25) is 5.91 Å². The molecule has 33 heavy (non-hydrogen) atoms. The maximum Gasteiger partial charge on any atom is 0.254 e. The van der Waals surface area contributed by atoms with Crippen molar-refractivity contribution in [2.45, 2.75) is 54.0 Å². The van der Waals surface area contributed by atoms with E-state index in [1.165, 1.54) is 0 Å². The summed E-state index contributed by atoms with van der Waals surface area (Å²) in [6, 6.07) is 11.3. The van der Waals surface area contributed by atoms with Crippen molar-refractivity contribution < 1.29 is 14.3 Å². The fourth-order valence-electron chi connectivity index (χ4n) is 3.69. The van der Waals surface area contributed by atoms with E-state index < -0.39 is 0 Å². The molecule has 1 aromatic heterocycles. The fourth-order valence-corrected chi connectivity index (χ4v) is 3.69. The lowest BCUT2D eigenvalue weighted by Crippen LogP contribution is -2.45. The molecule has 0 aliphatic carbocycles. The summed E-state index contributed by atoms with van der Waals surface area (Å²) in [7, 11) is 1.98. The van der Waals surface area contributed by atoms with Crippen molar-refractivity contribution >= 4 is 11.8 Å². The monoisotopic (exact) mass is 455 g/mol. The number of rotatable bonds is 13. The molecule has 0 fully saturated rings. The van der Waals surface area contributed by atoms with Crippen LogP contribution in [0.1, 0.15) is 63.5 Å². The standard InChI is InChI=1S/C27H41N3O3/c1-7-8-16-33-25-13-11-23(12-14-25)27(32)30(18-22(4)5)20-26(31)29(17-21(2)3)19-24-10-9-15-28(24)6/h9-15,21-22H,7-8,16-20H2,1-6H3. The molecule has 1 heterocycles. The molecule has 0 N–H and O–H groups in total. The summed E-state index contributed by atoms with van der Waals surface area (Å²) in [4.78, 5) is 30.2. The molecule has 2 rings (SSSR count). The minimum Gasteiger partial charge on any atom is -0.494 e. The topological polar surface area (TPSA) is 54.8 Å². The average molecular weight is 456 g/mol. The van der Waals surface area contributed by atoms with E-state index in [4.69, 9.17) is 4.74 Å². The predicted molar refractivity (Wildman–Crippen MR) is 133 cm³/mol. The molecule has 0 unspecified atom stereocenters. The molecule has 0 atom stereocenters. The lowest BCUT2D eigenvalue weighted by Gasteiger charge is -2.30. The number of unbranched alkanes of at least 4 members (excludes halogenated alkanes) is 1. The van der Waals surface area contributed by atoms with Gasteiger partial charge in [-0.05, 0) is 54.7 Å². The summed E-state index contributed by atoms with van der Waals surface area (Å²) in [5.41, 5.74) is 1.65. The highest BCUT2D eigenvalue weighted by atomic mass is 16.5. The first-order chi connectivity index (χ1) is 15.7. The molecule has 2 amide bonds. The van der Waals surface area contributed by atoms with Crippen LogP contribution in [0, 0.1) is 11.8 Å². The average Bonchev–Trinajstić information content (AvgIpc) is 3.16. The van der Waals surface area contributed by atoms with E-state index in [9.17, 15) is 9.59 Å². The molecule has 2 aromatic rings. The van der Waals surface area contributed by atoms with Gasteiger partial charge in [0.15, 0.2) is 0 Å². The number of nitrogens with zero attached hydrogens (tertiary/aromatic N) is 3. The number of hydrogen-bond donors (Lipinski definition) is 0. The molecule has 0 spiro atoms. The Balaban J connectivity index is 2.14. The van der Waals surface area contributed by atoms with Crippen LogP contribution in [0.3, 0.4) is 0 Å². The zero-order valence-corrected chi connectivity index (χ0v) is 21.2. The number of carbonyl (C=O) groups excluding carboxylic acids is 2. The molecular formula is C27H41N3O3. The summed E-state index contributed by atoms with van der Waals surface area (Å²) in [6.07, 6.45) is 4.06. The molecule has 0 aliphatic heterocycles. The smallest absolute Gasteiger partial charge is 0.254 e. The highest BCUT2D eigenvalue weighted by Crippen LogP contribution is 2.16. The number of aromatic nitrogens is 1. The molecule has 6 heteroatoms. The second kappa shape index (κ2) is 13.1. The third-order valence-electron chi connectivity index (χ3n) is 5.41. The summed E-state index contributed by atoms with van der Waals surface area (Å²) in [5.74, 6) is 1.20. The largest absolute Gasteiger partial charge is 0.494 e. The minimum atomic E-state index is -0.125. The first-order valence-corrected chi connectivity index (χ1v) is 12.1. The van der Waals surface area contributed by atoms with Crippen molar-refractivity contribution in [3.05, 3.63) is 53.9 Å². The molecule has 182 valence electrons. The summed E-state index contributed by atoms with van der Waals surface area (Å²) >= 11 is 0. The maximum absolute atomic E-state index is 13.3. The number of benzene rings is 1. The number of ether oxygens (including phenoxy) is 1. The van der Waals surface area contributed by atoms with E-state index in [-0.39, 0.29) is 24.3 Å². The van der Waals surface area contributed by atoms with Crippen molar-refractivity contribution in [3.8, 4) is 5.75 Å². The van der Waals surface area contributed by atoms with Crippen LogP contribution < -0.4 is 4.74 Å². The van der Waals surface area contributed by atoms with Crippen LogP contribution >= 0.6 is 0 Å². The van der Waals surface area contributed by atoms with Gasteiger partial charge >= 0.3 is 0 Å². The maximum atomic E-state index is 13.3. The number of amides is 2. The predicted octanol–water partition coefficient (Wildman–Crippen LogP) is 4.99. The van der Waals surface area contributed by atoms with E-state index in [2.05, 4.69) is 34.6 Å². The van der Waals surface area contributed by atoms with E-state index in [0.29, 0.717) is 37.7 Å². The van der Waals surface area contributed by atoms with Crippen molar-refractivity contribution in [3.63, 3.8) is 0 Å². The summed E-state index contributed by atoms with van der Waals surface area (Å²) in [5, 5.41) is 0. The van der Waals surface area contributed by atoms with Crippen LogP contribution in [0.15, 0.2) is 42.6 Å². The molecular weight excluding hydrogens is 414 g/mol. The zero-order valence-electron chi connectivity index (χ0n) is 21.2. The quantitative estimate of drug-likeness (QED) is 0.400. The van der Waals surface area contributed by atoms with Gasteiger partial charge < -0.3 is 19.1 Å². The summed E-state index contributed by atoms with van der Waals surface area (Å²) in [6.45, 7) is 12.9. The van der Waals surface area contributed by atoms with E-state index in [1.54, 1.807) is 17.0 Å². The normalized spacial score (nSPS) is 11.2. The Morgan fingerprint density at radius 3 is 2.15 bits per heavy atom. The van der Waals surface area contributed by atoms with Crippen molar-refractivity contribution in [1.82, 2.24) is 14.4 Å². The Labute approximate surface area is 199 Å². The Bertz CT molecular complexity index is 871. The summed E-state index contributed by atoms with van der Waals surface area (Å²) < 4.78 is 7.74. The van der Waals surface area contributed by atoms with E-state index >= 15 is 0 Å². The van der Waals surface area contributed by atoms with Crippen molar-refractivity contribution in [1.29, 1.82) is 0 Å². The Kier molecular flexibility index (Phi) is 10.5. The first-order valence-electron chi connectivity index (χ1n) is 12.1. The van der Waals surface area contributed by atoms with Crippen LogP contribution in [0.4, 0.5) is 0 Å². The molecule has 0 saturated carbocycles. The van der Waals surface area contributed by atoms with Crippen LogP contribution in [-0.4, -0.2) is 52.4 Å². The second-order valence-electron chi connectivity index (χ2n) is 9.58. The third kappa shape index (κ3) is 8.60. The van der Waals surface area contributed by atoms with Gasteiger partial charge in [0.05, 0.1) is 13.2 Å². The minimum absolute atomic E-state index is 0.0292. The molecule has 0 saturated heterocycles.